The number of benzene rings is 1. The van der Waals surface area contributed by atoms with Crippen LogP contribution in [-0.2, 0) is 9.47 Å². The molecule has 0 amide bonds. The summed E-state index contributed by atoms with van der Waals surface area (Å²) in [4.78, 5) is 0. The lowest BCUT2D eigenvalue weighted by atomic mass is 10.1. The third-order valence-electron chi connectivity index (χ3n) is 3.01. The zero-order chi connectivity index (χ0) is 14.8. The molecule has 1 unspecified atom stereocenters. The number of rotatable bonds is 10. The Bertz CT molecular complexity index is 387. The van der Waals surface area contributed by atoms with E-state index in [1.807, 2.05) is 20.0 Å². The molecule has 20 heavy (non-hydrogen) atoms. The maximum atomic E-state index is 13.8. The van der Waals surface area contributed by atoms with Gasteiger partial charge in [0.05, 0.1) is 6.61 Å². The summed E-state index contributed by atoms with van der Waals surface area (Å²) in [6.07, 6.45) is 0.849. The molecule has 0 aliphatic heterocycles. The van der Waals surface area contributed by atoms with Gasteiger partial charge in [-0.1, -0.05) is 6.07 Å². The minimum absolute atomic E-state index is 0.114. The zero-order valence-corrected chi connectivity index (χ0v) is 12.4. The summed E-state index contributed by atoms with van der Waals surface area (Å²) in [5.74, 6) is -0.0819. The average Bonchev–Trinajstić information content (AvgIpc) is 2.46. The first-order valence-corrected chi connectivity index (χ1v) is 6.85. The molecule has 0 aliphatic carbocycles. The molecule has 0 saturated heterocycles. The molecule has 0 fully saturated rings. The molecule has 1 aromatic carbocycles. The van der Waals surface area contributed by atoms with Gasteiger partial charge in [-0.2, -0.15) is 0 Å². The van der Waals surface area contributed by atoms with E-state index in [9.17, 15) is 4.39 Å². The van der Waals surface area contributed by atoms with Gasteiger partial charge in [0.2, 0.25) is 0 Å². The Morgan fingerprint density at radius 2 is 2.00 bits per heavy atom. The van der Waals surface area contributed by atoms with Gasteiger partial charge in [0.1, 0.15) is 6.61 Å². The first-order valence-electron chi connectivity index (χ1n) is 6.85. The highest BCUT2D eigenvalue weighted by Crippen LogP contribution is 2.21. The molecule has 0 aliphatic rings. The van der Waals surface area contributed by atoms with E-state index < -0.39 is 0 Å². The summed E-state index contributed by atoms with van der Waals surface area (Å²) in [5.41, 5.74) is 0.896. The van der Waals surface area contributed by atoms with E-state index in [1.165, 1.54) is 6.07 Å². The average molecular weight is 285 g/mol. The Labute approximate surface area is 120 Å². The van der Waals surface area contributed by atoms with E-state index in [0.29, 0.717) is 26.4 Å². The van der Waals surface area contributed by atoms with Gasteiger partial charge in [-0.25, -0.2) is 4.39 Å². The van der Waals surface area contributed by atoms with Crippen LogP contribution >= 0.6 is 0 Å². The Kier molecular flexibility index (Phi) is 8.18. The standard InChI is InChI=1S/C15H24FNO3/c1-12(17-2)13-5-6-15(14(16)11-13)20-10-9-19-8-4-7-18-3/h5-6,11-12,17H,4,7-10H2,1-3H3. The van der Waals surface area contributed by atoms with Crippen molar-refractivity contribution in [2.75, 3.05) is 40.6 Å². The number of nitrogens with one attached hydrogen (secondary N) is 1. The molecule has 5 heteroatoms. The summed E-state index contributed by atoms with van der Waals surface area (Å²) >= 11 is 0. The van der Waals surface area contributed by atoms with Crippen LogP contribution in [0.1, 0.15) is 24.9 Å². The van der Waals surface area contributed by atoms with Crippen molar-refractivity contribution in [3.63, 3.8) is 0 Å². The Morgan fingerprint density at radius 1 is 1.20 bits per heavy atom. The minimum atomic E-state index is -0.344. The molecule has 0 aromatic heterocycles. The van der Waals surface area contributed by atoms with Crippen molar-refractivity contribution in [1.29, 1.82) is 0 Å². The van der Waals surface area contributed by atoms with E-state index in [1.54, 1.807) is 13.2 Å². The maximum absolute atomic E-state index is 13.8. The molecule has 4 nitrogen and oxygen atoms in total. The Hall–Kier alpha value is -1.17. The second kappa shape index (κ2) is 9.69. The highest BCUT2D eigenvalue weighted by atomic mass is 19.1. The van der Waals surface area contributed by atoms with E-state index >= 15 is 0 Å². The largest absolute Gasteiger partial charge is 0.488 e. The van der Waals surface area contributed by atoms with E-state index in [0.717, 1.165) is 12.0 Å². The molecule has 0 saturated carbocycles. The van der Waals surface area contributed by atoms with Crippen molar-refractivity contribution >= 4 is 0 Å². The molecule has 0 bridgehead atoms. The van der Waals surface area contributed by atoms with Gasteiger partial charge in [0, 0.05) is 26.4 Å². The molecule has 1 aromatic rings. The molecule has 1 rings (SSSR count). The van der Waals surface area contributed by atoms with Gasteiger partial charge in [-0.05, 0) is 38.1 Å². The van der Waals surface area contributed by atoms with Gasteiger partial charge in [-0.15, -0.1) is 0 Å². The van der Waals surface area contributed by atoms with Gasteiger partial charge in [0.15, 0.2) is 11.6 Å². The predicted octanol–water partition coefficient (Wildman–Crippen LogP) is 2.54. The number of hydrogen-bond donors (Lipinski definition) is 1. The van der Waals surface area contributed by atoms with Gasteiger partial charge >= 0.3 is 0 Å². The SMILES string of the molecule is CNC(C)c1ccc(OCCOCCCOC)c(F)c1. The Balaban J connectivity index is 2.30. The van der Waals surface area contributed by atoms with Gasteiger partial charge in [0.25, 0.3) is 0 Å². The molecular formula is C15H24FNO3. The smallest absolute Gasteiger partial charge is 0.165 e. The molecule has 1 N–H and O–H groups in total. The van der Waals surface area contributed by atoms with Crippen LogP contribution in [0.3, 0.4) is 0 Å². The van der Waals surface area contributed by atoms with Crippen molar-refractivity contribution < 1.29 is 18.6 Å². The quantitative estimate of drug-likeness (QED) is 0.671. The number of methoxy groups -OCH3 is 1. The molecule has 114 valence electrons. The second-order valence-electron chi connectivity index (χ2n) is 4.51. The first-order chi connectivity index (χ1) is 9.69. The summed E-state index contributed by atoms with van der Waals surface area (Å²) in [6.45, 7) is 4.06. The lowest BCUT2D eigenvalue weighted by Gasteiger charge is -2.13. The van der Waals surface area contributed by atoms with Crippen molar-refractivity contribution in [3.05, 3.63) is 29.6 Å². The number of halogens is 1. The van der Waals surface area contributed by atoms with Crippen molar-refractivity contribution in [1.82, 2.24) is 5.32 Å². The molecular weight excluding hydrogens is 261 g/mol. The van der Waals surface area contributed by atoms with Crippen LogP contribution in [0, 0.1) is 5.82 Å². The summed E-state index contributed by atoms with van der Waals surface area (Å²) in [6, 6.07) is 5.13. The van der Waals surface area contributed by atoms with Crippen molar-refractivity contribution in [2.24, 2.45) is 0 Å². The number of hydrogen-bond acceptors (Lipinski definition) is 4. The van der Waals surface area contributed by atoms with Gasteiger partial charge in [-0.3, -0.25) is 0 Å². The van der Waals surface area contributed by atoms with Gasteiger partial charge < -0.3 is 19.5 Å². The van der Waals surface area contributed by atoms with E-state index in [2.05, 4.69) is 5.32 Å². The fourth-order valence-electron chi connectivity index (χ4n) is 1.69. The van der Waals surface area contributed by atoms with Crippen LogP contribution in [0.15, 0.2) is 18.2 Å². The lowest BCUT2D eigenvalue weighted by molar-refractivity contribution is 0.0797. The minimum Gasteiger partial charge on any atom is -0.488 e. The summed E-state index contributed by atoms with van der Waals surface area (Å²) < 4.78 is 29.4. The highest BCUT2D eigenvalue weighted by Gasteiger charge is 2.08. The third kappa shape index (κ3) is 5.86. The molecule has 0 radical (unpaired) electrons. The molecule has 0 spiro atoms. The van der Waals surface area contributed by atoms with Crippen LogP contribution in [0.25, 0.3) is 0 Å². The van der Waals surface area contributed by atoms with E-state index in [-0.39, 0.29) is 17.6 Å². The van der Waals surface area contributed by atoms with Crippen LogP contribution in [0.2, 0.25) is 0 Å². The summed E-state index contributed by atoms with van der Waals surface area (Å²) in [7, 11) is 3.50. The summed E-state index contributed by atoms with van der Waals surface area (Å²) in [5, 5.41) is 3.07. The fourth-order valence-corrected chi connectivity index (χ4v) is 1.69. The van der Waals surface area contributed by atoms with Crippen LogP contribution < -0.4 is 10.1 Å². The fraction of sp³-hybridized carbons (Fsp3) is 0.600. The second-order valence-corrected chi connectivity index (χ2v) is 4.51. The van der Waals surface area contributed by atoms with Crippen LogP contribution in [0.5, 0.6) is 5.75 Å². The van der Waals surface area contributed by atoms with Crippen molar-refractivity contribution in [2.45, 2.75) is 19.4 Å². The highest BCUT2D eigenvalue weighted by molar-refractivity contribution is 5.30. The number of ether oxygens (including phenoxy) is 3. The maximum Gasteiger partial charge on any atom is 0.165 e. The lowest BCUT2D eigenvalue weighted by Crippen LogP contribution is -2.13. The van der Waals surface area contributed by atoms with Crippen LogP contribution in [-0.4, -0.2) is 40.6 Å². The van der Waals surface area contributed by atoms with E-state index in [4.69, 9.17) is 14.2 Å². The normalized spacial score (nSPS) is 12.4. The molecule has 1 atom stereocenters. The zero-order valence-electron chi connectivity index (χ0n) is 12.4. The van der Waals surface area contributed by atoms with Crippen LogP contribution in [0.4, 0.5) is 4.39 Å². The predicted molar refractivity (Wildman–Crippen MR) is 76.7 cm³/mol. The Morgan fingerprint density at radius 3 is 2.65 bits per heavy atom. The third-order valence-corrected chi connectivity index (χ3v) is 3.01. The topological polar surface area (TPSA) is 39.7 Å². The monoisotopic (exact) mass is 285 g/mol. The first kappa shape index (κ1) is 16.9. The molecule has 0 heterocycles. The van der Waals surface area contributed by atoms with Crippen molar-refractivity contribution in [3.8, 4) is 5.75 Å².